The molecule has 37 heavy (non-hydrogen) atoms. The minimum absolute atomic E-state index is 0.197. The lowest BCUT2D eigenvalue weighted by molar-refractivity contribution is -0.121. The first-order valence-electron chi connectivity index (χ1n) is 12.4. The van der Waals surface area contributed by atoms with Crippen molar-refractivity contribution < 1.29 is 19.1 Å². The smallest absolute Gasteiger partial charge is 0.340 e. The normalized spacial score (nSPS) is 15.3. The molecule has 2 heterocycles. The van der Waals surface area contributed by atoms with Crippen LogP contribution in [-0.4, -0.2) is 35.8 Å². The van der Waals surface area contributed by atoms with Crippen molar-refractivity contribution in [2.75, 3.05) is 18.1 Å². The molecule has 2 amide bonds. The van der Waals surface area contributed by atoms with E-state index in [1.807, 2.05) is 55.1 Å². The number of rotatable bonds is 7. The van der Waals surface area contributed by atoms with Crippen molar-refractivity contribution in [3.05, 3.63) is 106 Å². The second kappa shape index (κ2) is 10.6. The summed E-state index contributed by atoms with van der Waals surface area (Å²) < 4.78 is 5.35. The molecule has 6 nitrogen and oxygen atoms in total. The average molecular weight is 513 g/mol. The lowest BCUT2D eigenvalue weighted by Crippen LogP contribution is -2.38. The van der Waals surface area contributed by atoms with Gasteiger partial charge in [-0.3, -0.25) is 9.59 Å². The number of fused-ring (bicyclic) bond motifs is 1. The first-order valence-corrected chi connectivity index (χ1v) is 13.2. The van der Waals surface area contributed by atoms with E-state index in [9.17, 15) is 14.4 Å². The van der Waals surface area contributed by atoms with E-state index in [1.54, 1.807) is 24.3 Å². The molecule has 0 aliphatic carbocycles. The Morgan fingerprint density at radius 3 is 2.38 bits per heavy atom. The molecule has 0 bridgehead atoms. The number of benzene rings is 3. The summed E-state index contributed by atoms with van der Waals surface area (Å²) >= 11 is 1.29. The first kappa shape index (κ1) is 24.8. The van der Waals surface area contributed by atoms with Crippen molar-refractivity contribution in [1.82, 2.24) is 4.90 Å². The van der Waals surface area contributed by atoms with Crippen molar-refractivity contribution in [1.29, 1.82) is 0 Å². The van der Waals surface area contributed by atoms with Crippen molar-refractivity contribution >= 4 is 35.2 Å². The van der Waals surface area contributed by atoms with Gasteiger partial charge in [-0.05, 0) is 55.2 Å². The van der Waals surface area contributed by atoms with Crippen LogP contribution in [0.2, 0.25) is 0 Å². The molecule has 7 heteroatoms. The minimum atomic E-state index is -0.550. The Morgan fingerprint density at radius 2 is 1.62 bits per heavy atom. The van der Waals surface area contributed by atoms with Gasteiger partial charge in [-0.15, -0.1) is 0 Å². The number of carbonyl (C=O) groups is 3. The van der Waals surface area contributed by atoms with Crippen LogP contribution in [0.5, 0.6) is 0 Å². The predicted octanol–water partition coefficient (Wildman–Crippen LogP) is 5.50. The highest BCUT2D eigenvalue weighted by Gasteiger charge is 2.44. The molecular formula is C30H28N2O4S. The standard InChI is InChI=1S/C30H28N2O4S/c1-3-18-36-30(35)24-10-6-7-11-25(24)32-28(33)26(31-17-16-21-8-4-5-9-22(21)19-31)27(29(32)34)37-23-14-12-20(2)13-15-23/h4-15H,3,16-19H2,1-2H3. The van der Waals surface area contributed by atoms with Crippen LogP contribution in [0, 0.1) is 6.92 Å². The fourth-order valence-corrected chi connectivity index (χ4v) is 5.61. The third-order valence-corrected chi connectivity index (χ3v) is 7.59. The zero-order valence-electron chi connectivity index (χ0n) is 20.9. The van der Waals surface area contributed by atoms with Gasteiger partial charge in [0.15, 0.2) is 0 Å². The van der Waals surface area contributed by atoms with Crippen molar-refractivity contribution in [2.45, 2.75) is 38.1 Å². The molecule has 0 saturated carbocycles. The quantitative estimate of drug-likeness (QED) is 0.308. The summed E-state index contributed by atoms with van der Waals surface area (Å²) in [5, 5.41) is 0. The van der Waals surface area contributed by atoms with E-state index in [4.69, 9.17) is 4.74 Å². The zero-order chi connectivity index (χ0) is 25.9. The van der Waals surface area contributed by atoms with Gasteiger partial charge in [0, 0.05) is 18.0 Å². The third kappa shape index (κ3) is 4.91. The van der Waals surface area contributed by atoms with Crippen LogP contribution in [0.3, 0.4) is 0 Å². The number of anilines is 1. The molecule has 0 spiro atoms. The molecule has 0 saturated heterocycles. The third-order valence-electron chi connectivity index (χ3n) is 6.51. The minimum Gasteiger partial charge on any atom is -0.462 e. The fraction of sp³-hybridized carbons (Fsp3) is 0.233. The van der Waals surface area contributed by atoms with Gasteiger partial charge in [0.05, 0.1) is 17.9 Å². The molecule has 0 unspecified atom stereocenters. The highest BCUT2D eigenvalue weighted by atomic mass is 32.2. The number of esters is 1. The second-order valence-corrected chi connectivity index (χ2v) is 10.2. The van der Waals surface area contributed by atoms with E-state index in [2.05, 4.69) is 12.1 Å². The average Bonchev–Trinajstić information content (AvgIpc) is 3.16. The number of imide groups is 1. The molecule has 5 rings (SSSR count). The zero-order valence-corrected chi connectivity index (χ0v) is 21.7. The van der Waals surface area contributed by atoms with E-state index in [0.29, 0.717) is 30.1 Å². The molecule has 0 N–H and O–H groups in total. The van der Waals surface area contributed by atoms with Gasteiger partial charge in [0.1, 0.15) is 10.6 Å². The fourth-order valence-electron chi connectivity index (χ4n) is 4.61. The van der Waals surface area contributed by atoms with Gasteiger partial charge in [-0.25, -0.2) is 9.69 Å². The van der Waals surface area contributed by atoms with Gasteiger partial charge >= 0.3 is 5.97 Å². The van der Waals surface area contributed by atoms with Crippen LogP contribution >= 0.6 is 11.8 Å². The van der Waals surface area contributed by atoms with Gasteiger partial charge < -0.3 is 9.64 Å². The van der Waals surface area contributed by atoms with Crippen LogP contribution in [0.15, 0.2) is 88.3 Å². The summed E-state index contributed by atoms with van der Waals surface area (Å²) in [7, 11) is 0. The SMILES string of the molecule is CCCOC(=O)c1ccccc1N1C(=O)C(Sc2ccc(C)cc2)=C(N2CCc3ccccc3C2)C1=O. The number of hydrogen-bond donors (Lipinski definition) is 0. The van der Waals surface area contributed by atoms with E-state index >= 15 is 0 Å². The first-order chi connectivity index (χ1) is 18.0. The summed E-state index contributed by atoms with van der Waals surface area (Å²) in [6.07, 6.45) is 1.46. The Hall–Kier alpha value is -3.84. The summed E-state index contributed by atoms with van der Waals surface area (Å²) in [5.41, 5.74) is 4.33. The number of ether oxygens (including phenoxy) is 1. The number of hydrogen-bond acceptors (Lipinski definition) is 6. The largest absolute Gasteiger partial charge is 0.462 e. The Labute approximate surface area is 220 Å². The van der Waals surface area contributed by atoms with Crippen molar-refractivity contribution in [3.63, 3.8) is 0 Å². The van der Waals surface area contributed by atoms with Crippen LogP contribution in [-0.2, 0) is 27.3 Å². The number of nitrogens with zero attached hydrogens (tertiary/aromatic N) is 2. The number of carbonyl (C=O) groups excluding carboxylic acids is 3. The molecule has 2 aliphatic heterocycles. The molecule has 3 aromatic carbocycles. The summed E-state index contributed by atoms with van der Waals surface area (Å²) in [6, 6.07) is 22.7. The number of amides is 2. The lowest BCUT2D eigenvalue weighted by atomic mass is 9.99. The highest BCUT2D eigenvalue weighted by Crippen LogP contribution is 2.41. The predicted molar refractivity (Wildman–Crippen MR) is 144 cm³/mol. The molecular weight excluding hydrogens is 484 g/mol. The van der Waals surface area contributed by atoms with E-state index < -0.39 is 17.8 Å². The molecule has 0 aromatic heterocycles. The number of thioether (sulfide) groups is 1. The van der Waals surface area contributed by atoms with E-state index in [-0.39, 0.29) is 17.9 Å². The summed E-state index contributed by atoms with van der Waals surface area (Å²) in [4.78, 5) is 45.1. The highest BCUT2D eigenvalue weighted by molar-refractivity contribution is 8.04. The van der Waals surface area contributed by atoms with Crippen LogP contribution in [0.1, 0.15) is 40.4 Å². The van der Waals surface area contributed by atoms with E-state index in [1.165, 1.54) is 17.3 Å². The topological polar surface area (TPSA) is 66.9 Å². The van der Waals surface area contributed by atoms with Gasteiger partial charge in [0.25, 0.3) is 11.8 Å². The molecule has 0 radical (unpaired) electrons. The van der Waals surface area contributed by atoms with Crippen LogP contribution < -0.4 is 4.90 Å². The summed E-state index contributed by atoms with van der Waals surface area (Å²) in [6.45, 7) is 5.34. The molecule has 2 aliphatic rings. The molecule has 0 atom stereocenters. The van der Waals surface area contributed by atoms with Crippen molar-refractivity contribution in [2.24, 2.45) is 0 Å². The van der Waals surface area contributed by atoms with Crippen LogP contribution in [0.25, 0.3) is 0 Å². The van der Waals surface area contributed by atoms with Gasteiger partial charge in [-0.2, -0.15) is 0 Å². The van der Waals surface area contributed by atoms with Crippen molar-refractivity contribution in [3.8, 4) is 0 Å². The molecule has 188 valence electrons. The van der Waals surface area contributed by atoms with Crippen LogP contribution in [0.4, 0.5) is 5.69 Å². The molecule has 0 fully saturated rings. The Morgan fingerprint density at radius 1 is 0.919 bits per heavy atom. The Bertz CT molecular complexity index is 1400. The Kier molecular flexibility index (Phi) is 7.15. The second-order valence-electron chi connectivity index (χ2n) is 9.13. The maximum Gasteiger partial charge on any atom is 0.340 e. The summed E-state index contributed by atoms with van der Waals surface area (Å²) in [5.74, 6) is -1.40. The Balaban J connectivity index is 1.55. The maximum atomic E-state index is 14.0. The van der Waals surface area contributed by atoms with Gasteiger partial charge in [-0.1, -0.05) is 72.8 Å². The monoisotopic (exact) mass is 512 g/mol. The molecule has 3 aromatic rings. The number of aryl methyl sites for hydroxylation is 1. The maximum absolute atomic E-state index is 14.0. The van der Waals surface area contributed by atoms with E-state index in [0.717, 1.165) is 27.3 Å². The van der Waals surface area contributed by atoms with Gasteiger partial charge in [0.2, 0.25) is 0 Å². The lowest BCUT2D eigenvalue weighted by Gasteiger charge is -2.31. The number of para-hydroxylation sites is 1.